The second-order valence-electron chi connectivity index (χ2n) is 5.46. The van der Waals surface area contributed by atoms with Gasteiger partial charge in [-0.1, -0.05) is 17.3 Å². The molecule has 2 aromatic heterocycles. The summed E-state index contributed by atoms with van der Waals surface area (Å²) in [5.74, 6) is 0.880. The molecule has 0 bridgehead atoms. The first-order valence-electron chi connectivity index (χ1n) is 7.18. The second kappa shape index (κ2) is 4.93. The van der Waals surface area contributed by atoms with Crippen molar-refractivity contribution in [2.45, 2.75) is 31.7 Å². The Kier molecular flexibility index (Phi) is 3.05. The van der Waals surface area contributed by atoms with Crippen molar-refractivity contribution >= 4 is 22.9 Å². The molecule has 108 valence electrons. The average Bonchev–Trinajstić information content (AvgIpc) is 2.90. The molecule has 3 aromatic rings. The quantitative estimate of drug-likeness (QED) is 0.787. The molecule has 0 amide bonds. The third kappa shape index (κ3) is 2.08. The molecule has 1 aromatic carbocycles. The number of benzene rings is 1. The molecule has 0 radical (unpaired) electrons. The number of rotatable bonds is 2. The molecule has 0 spiro atoms. The van der Waals surface area contributed by atoms with Crippen LogP contribution in [0.5, 0.6) is 0 Å². The van der Waals surface area contributed by atoms with Crippen LogP contribution in [-0.4, -0.2) is 15.7 Å². The number of aryl methyl sites for hydroxylation is 2. The highest BCUT2D eigenvalue weighted by Gasteiger charge is 2.17. The maximum absolute atomic E-state index is 5.27. The Morgan fingerprint density at radius 2 is 2.19 bits per heavy atom. The predicted molar refractivity (Wildman–Crippen MR) is 84.6 cm³/mol. The van der Waals surface area contributed by atoms with E-state index in [9.17, 15) is 0 Å². The number of nitrogens with one attached hydrogen (secondary N) is 1. The lowest BCUT2D eigenvalue weighted by Gasteiger charge is -2.06. The Morgan fingerprint density at radius 1 is 1.29 bits per heavy atom. The van der Waals surface area contributed by atoms with Gasteiger partial charge in [0.2, 0.25) is 0 Å². The summed E-state index contributed by atoms with van der Waals surface area (Å²) in [7, 11) is 0. The number of hydrogen-bond acceptors (Lipinski definition) is 4. The van der Waals surface area contributed by atoms with E-state index in [1.54, 1.807) is 11.9 Å². The Balaban J connectivity index is 1.87. The van der Waals surface area contributed by atoms with Crippen LogP contribution < -0.4 is 5.32 Å². The minimum absolute atomic E-state index is 0.880. The van der Waals surface area contributed by atoms with Gasteiger partial charge in [0.1, 0.15) is 5.76 Å². The highest BCUT2D eigenvalue weighted by Crippen LogP contribution is 2.35. The molecule has 0 aliphatic carbocycles. The normalized spacial score (nSPS) is 14.6. The summed E-state index contributed by atoms with van der Waals surface area (Å²) in [6, 6.07) is 6.55. The Labute approximate surface area is 127 Å². The summed E-state index contributed by atoms with van der Waals surface area (Å²) in [5.41, 5.74) is 5.03. The lowest BCUT2D eigenvalue weighted by atomic mass is 10.1. The average molecular weight is 299 g/mol. The highest BCUT2D eigenvalue weighted by molar-refractivity contribution is 7.98. The summed E-state index contributed by atoms with van der Waals surface area (Å²) in [6.07, 6.45) is 3.33. The van der Waals surface area contributed by atoms with E-state index in [2.05, 4.69) is 38.8 Å². The minimum Gasteiger partial charge on any atom is -0.360 e. The molecule has 4 nitrogen and oxygen atoms in total. The second-order valence-corrected chi connectivity index (χ2v) is 6.45. The SMILES string of the molecule is Cc1noc(C)c1Sn1cc2c3c(cccc31)CNCC2. The summed E-state index contributed by atoms with van der Waals surface area (Å²) in [5, 5.41) is 8.93. The topological polar surface area (TPSA) is 43.0 Å². The molecule has 0 saturated carbocycles. The van der Waals surface area contributed by atoms with E-state index in [1.165, 1.54) is 22.0 Å². The van der Waals surface area contributed by atoms with E-state index >= 15 is 0 Å². The lowest BCUT2D eigenvalue weighted by Crippen LogP contribution is -2.13. The van der Waals surface area contributed by atoms with Crippen molar-refractivity contribution in [3.05, 3.63) is 47.0 Å². The van der Waals surface area contributed by atoms with Crippen LogP contribution in [0.15, 0.2) is 33.8 Å². The lowest BCUT2D eigenvalue weighted by molar-refractivity contribution is 0.391. The Bertz CT molecular complexity index is 799. The molecule has 1 aliphatic heterocycles. The van der Waals surface area contributed by atoms with E-state index in [0.717, 1.165) is 35.9 Å². The van der Waals surface area contributed by atoms with Crippen LogP contribution in [0.4, 0.5) is 0 Å². The van der Waals surface area contributed by atoms with Crippen LogP contribution in [0.2, 0.25) is 0 Å². The molecular weight excluding hydrogens is 282 g/mol. The molecular formula is C16H17N3OS. The molecule has 21 heavy (non-hydrogen) atoms. The van der Waals surface area contributed by atoms with E-state index in [-0.39, 0.29) is 0 Å². The first kappa shape index (κ1) is 13.0. The van der Waals surface area contributed by atoms with Gasteiger partial charge in [-0.25, -0.2) is 0 Å². The highest BCUT2D eigenvalue weighted by atomic mass is 32.2. The van der Waals surface area contributed by atoms with Crippen molar-refractivity contribution in [2.75, 3.05) is 6.54 Å². The van der Waals surface area contributed by atoms with E-state index in [1.807, 2.05) is 13.8 Å². The summed E-state index contributed by atoms with van der Waals surface area (Å²) in [4.78, 5) is 1.11. The van der Waals surface area contributed by atoms with Crippen LogP contribution in [0, 0.1) is 13.8 Å². The molecule has 0 fully saturated rings. The number of nitrogens with zero attached hydrogens (tertiary/aromatic N) is 2. The fourth-order valence-corrected chi connectivity index (χ4v) is 3.94. The van der Waals surface area contributed by atoms with E-state index < -0.39 is 0 Å². The third-order valence-electron chi connectivity index (χ3n) is 4.00. The van der Waals surface area contributed by atoms with Gasteiger partial charge in [-0.2, -0.15) is 0 Å². The fourth-order valence-electron chi connectivity index (χ4n) is 2.98. The van der Waals surface area contributed by atoms with Gasteiger partial charge in [0.15, 0.2) is 0 Å². The molecule has 0 atom stereocenters. The fraction of sp³-hybridized carbons (Fsp3) is 0.312. The van der Waals surface area contributed by atoms with Gasteiger partial charge in [0.05, 0.1) is 16.1 Å². The number of aromatic nitrogens is 2. The van der Waals surface area contributed by atoms with Gasteiger partial charge in [-0.3, -0.25) is 3.97 Å². The third-order valence-corrected chi connectivity index (χ3v) is 5.27. The number of hydrogen-bond donors (Lipinski definition) is 1. The van der Waals surface area contributed by atoms with Gasteiger partial charge in [0, 0.05) is 18.1 Å². The zero-order valence-corrected chi connectivity index (χ0v) is 13.0. The zero-order chi connectivity index (χ0) is 14.4. The Hall–Kier alpha value is -1.72. The van der Waals surface area contributed by atoms with Crippen molar-refractivity contribution in [1.82, 2.24) is 14.4 Å². The van der Waals surface area contributed by atoms with Gasteiger partial charge in [-0.15, -0.1) is 0 Å². The standard InChI is InChI=1S/C16H17N3OS/c1-10-16(11(2)20-18-10)21-19-9-13-6-7-17-8-12-4-3-5-14(19)15(12)13/h3-5,9,17H,6-8H2,1-2H3. The monoisotopic (exact) mass is 299 g/mol. The summed E-state index contributed by atoms with van der Waals surface area (Å²) < 4.78 is 7.53. The zero-order valence-electron chi connectivity index (χ0n) is 12.1. The first-order valence-corrected chi connectivity index (χ1v) is 7.95. The van der Waals surface area contributed by atoms with Crippen molar-refractivity contribution in [2.24, 2.45) is 0 Å². The van der Waals surface area contributed by atoms with Gasteiger partial charge >= 0.3 is 0 Å². The van der Waals surface area contributed by atoms with Gasteiger partial charge < -0.3 is 9.84 Å². The van der Waals surface area contributed by atoms with Crippen LogP contribution in [0.3, 0.4) is 0 Å². The van der Waals surface area contributed by atoms with Crippen LogP contribution >= 0.6 is 11.9 Å². The summed E-state index contributed by atoms with van der Waals surface area (Å²) >= 11 is 1.70. The molecule has 1 aliphatic rings. The van der Waals surface area contributed by atoms with Gasteiger partial charge in [-0.05, 0) is 56.0 Å². The van der Waals surface area contributed by atoms with E-state index in [0.29, 0.717) is 0 Å². The molecule has 0 saturated heterocycles. The maximum Gasteiger partial charge on any atom is 0.149 e. The van der Waals surface area contributed by atoms with Crippen LogP contribution in [-0.2, 0) is 13.0 Å². The molecule has 0 unspecified atom stereocenters. The molecule has 5 heteroatoms. The smallest absolute Gasteiger partial charge is 0.149 e. The largest absolute Gasteiger partial charge is 0.360 e. The van der Waals surface area contributed by atoms with Crippen LogP contribution in [0.1, 0.15) is 22.6 Å². The van der Waals surface area contributed by atoms with Crippen molar-refractivity contribution in [3.8, 4) is 0 Å². The Morgan fingerprint density at radius 3 is 3.00 bits per heavy atom. The van der Waals surface area contributed by atoms with Gasteiger partial charge in [0.25, 0.3) is 0 Å². The predicted octanol–water partition coefficient (Wildman–Crippen LogP) is 3.45. The van der Waals surface area contributed by atoms with E-state index in [4.69, 9.17) is 4.52 Å². The van der Waals surface area contributed by atoms with Crippen molar-refractivity contribution in [1.29, 1.82) is 0 Å². The van der Waals surface area contributed by atoms with Crippen LogP contribution in [0.25, 0.3) is 10.9 Å². The summed E-state index contributed by atoms with van der Waals surface area (Å²) in [6.45, 7) is 5.94. The maximum atomic E-state index is 5.27. The van der Waals surface area contributed by atoms with Crippen molar-refractivity contribution in [3.63, 3.8) is 0 Å². The minimum atomic E-state index is 0.880. The first-order chi connectivity index (χ1) is 10.2. The molecule has 1 N–H and O–H groups in total. The molecule has 3 heterocycles. The van der Waals surface area contributed by atoms with Crippen molar-refractivity contribution < 1.29 is 4.52 Å². The molecule has 4 rings (SSSR count).